The summed E-state index contributed by atoms with van der Waals surface area (Å²) in [5.74, 6) is -1.72. The van der Waals surface area contributed by atoms with Crippen LogP contribution in [-0.4, -0.2) is 36.9 Å². The lowest BCUT2D eigenvalue weighted by Crippen LogP contribution is -2.47. The van der Waals surface area contributed by atoms with E-state index < -0.39 is 55.7 Å². The van der Waals surface area contributed by atoms with Gasteiger partial charge in [-0.3, -0.25) is 0 Å². The molecule has 134 valence electrons. The Morgan fingerprint density at radius 2 is 1.52 bits per heavy atom. The molecular weight excluding hydrogens is 322 g/mol. The van der Waals surface area contributed by atoms with Gasteiger partial charge in [0.1, 0.15) is 18.5 Å². The topological polar surface area (TPSA) is 9.23 Å². The summed E-state index contributed by atoms with van der Waals surface area (Å²) in [7, 11) is 0. The summed E-state index contributed by atoms with van der Waals surface area (Å²) in [5, 5.41) is 0. The summed E-state index contributed by atoms with van der Waals surface area (Å²) in [4.78, 5) is 0. The largest absolute Gasteiger partial charge is 0.361 e. The molecule has 0 spiro atoms. The maximum absolute atomic E-state index is 14.2. The van der Waals surface area contributed by atoms with Gasteiger partial charge in [0, 0.05) is 12.8 Å². The van der Waals surface area contributed by atoms with E-state index in [0.717, 1.165) is 0 Å². The molecule has 0 radical (unpaired) electrons. The molecule has 0 saturated heterocycles. The second-order valence-corrected chi connectivity index (χ2v) is 6.47. The molecule has 0 aromatic carbocycles. The molecule has 0 N–H and O–H groups in total. The second kappa shape index (κ2) is 7.45. The van der Waals surface area contributed by atoms with Gasteiger partial charge in [-0.25, -0.2) is 17.6 Å². The van der Waals surface area contributed by atoms with Crippen molar-refractivity contribution in [3.63, 3.8) is 0 Å². The Morgan fingerprint density at radius 1 is 0.913 bits per heavy atom. The van der Waals surface area contributed by atoms with Gasteiger partial charge in [0.2, 0.25) is 0 Å². The molecule has 2 fully saturated rings. The highest BCUT2D eigenvalue weighted by atomic mass is 19.3. The highest BCUT2D eigenvalue weighted by molar-refractivity contribution is 4.95. The van der Waals surface area contributed by atoms with Gasteiger partial charge in [-0.15, -0.1) is 0 Å². The van der Waals surface area contributed by atoms with Crippen molar-refractivity contribution in [2.45, 2.75) is 75.9 Å². The molecule has 0 aromatic rings. The fraction of sp³-hybridized carbons (Fsp3) is 0.875. The van der Waals surface area contributed by atoms with Crippen LogP contribution in [-0.2, 0) is 4.74 Å². The molecule has 7 heteroatoms. The van der Waals surface area contributed by atoms with Gasteiger partial charge in [-0.05, 0) is 32.1 Å². The van der Waals surface area contributed by atoms with Gasteiger partial charge in [-0.1, -0.05) is 12.2 Å². The van der Waals surface area contributed by atoms with Gasteiger partial charge in [0.15, 0.2) is 6.17 Å². The van der Waals surface area contributed by atoms with Gasteiger partial charge in [0.25, 0.3) is 0 Å². The predicted octanol–water partition coefficient (Wildman–Crippen LogP) is 5.10. The zero-order valence-corrected chi connectivity index (χ0v) is 12.9. The summed E-state index contributed by atoms with van der Waals surface area (Å²) < 4.78 is 86.6. The van der Waals surface area contributed by atoms with Crippen LogP contribution in [0.15, 0.2) is 12.2 Å². The number of hydrogen-bond donors (Lipinski definition) is 0. The van der Waals surface area contributed by atoms with Crippen LogP contribution >= 0.6 is 0 Å². The Bertz CT molecular complexity index is 403. The summed E-state index contributed by atoms with van der Waals surface area (Å²) in [6.07, 6.45) is -11.1. The highest BCUT2D eigenvalue weighted by Gasteiger charge is 2.51. The van der Waals surface area contributed by atoms with Crippen LogP contribution in [0, 0.1) is 11.8 Å². The summed E-state index contributed by atoms with van der Waals surface area (Å²) in [6, 6.07) is 0. The fourth-order valence-corrected chi connectivity index (χ4v) is 3.46. The van der Waals surface area contributed by atoms with Crippen LogP contribution in [0.2, 0.25) is 0 Å². The lowest BCUT2D eigenvalue weighted by Gasteiger charge is -2.38. The number of rotatable bonds is 4. The molecule has 2 aliphatic carbocycles. The highest BCUT2D eigenvalue weighted by Crippen LogP contribution is 2.43. The average molecular weight is 344 g/mol. The molecule has 2 aliphatic rings. The van der Waals surface area contributed by atoms with Crippen molar-refractivity contribution in [2.24, 2.45) is 11.8 Å². The smallest absolute Gasteiger partial charge is 0.317 e. The standard InChI is InChI=1S/C16H22F6O/c1-2-3-9-4-5-11(12(17)6-9)16(21,22)23-10-7-13(18)15(20)14(19)8-10/h2-3,9-15H,4-8H2,1H3/b3-2+. The maximum atomic E-state index is 14.2. The minimum atomic E-state index is -3.81. The lowest BCUT2D eigenvalue weighted by atomic mass is 9.79. The fourth-order valence-electron chi connectivity index (χ4n) is 3.46. The third kappa shape index (κ3) is 4.43. The molecular formula is C16H22F6O. The van der Waals surface area contributed by atoms with Crippen molar-refractivity contribution in [2.75, 3.05) is 0 Å². The molecule has 23 heavy (non-hydrogen) atoms. The molecule has 2 rings (SSSR count). The van der Waals surface area contributed by atoms with E-state index in [1.54, 1.807) is 19.1 Å². The van der Waals surface area contributed by atoms with Gasteiger partial charge >= 0.3 is 6.11 Å². The zero-order chi connectivity index (χ0) is 17.2. The molecule has 0 heterocycles. The van der Waals surface area contributed by atoms with Crippen molar-refractivity contribution in [1.29, 1.82) is 0 Å². The molecule has 1 nitrogen and oxygen atoms in total. The molecule has 0 aromatic heterocycles. The van der Waals surface area contributed by atoms with E-state index in [9.17, 15) is 26.3 Å². The van der Waals surface area contributed by atoms with Gasteiger partial charge in [-0.2, -0.15) is 8.78 Å². The Balaban J connectivity index is 1.96. The third-order valence-corrected chi connectivity index (χ3v) is 4.70. The Labute approximate surface area is 132 Å². The molecule has 0 bridgehead atoms. The zero-order valence-electron chi connectivity index (χ0n) is 12.9. The number of alkyl halides is 6. The average Bonchev–Trinajstić information content (AvgIpc) is 2.44. The molecule has 0 aliphatic heterocycles. The monoisotopic (exact) mass is 344 g/mol. The number of allylic oxidation sites excluding steroid dienone is 2. The molecule has 5 unspecified atom stereocenters. The molecule has 5 atom stereocenters. The Hall–Kier alpha value is -0.720. The van der Waals surface area contributed by atoms with Crippen molar-refractivity contribution in [3.8, 4) is 0 Å². The first-order valence-corrected chi connectivity index (χ1v) is 7.99. The Kier molecular flexibility index (Phi) is 6.03. The van der Waals surface area contributed by atoms with E-state index >= 15 is 0 Å². The Morgan fingerprint density at radius 3 is 2.04 bits per heavy atom. The van der Waals surface area contributed by atoms with Crippen LogP contribution in [0.25, 0.3) is 0 Å². The van der Waals surface area contributed by atoms with Crippen molar-refractivity contribution in [1.82, 2.24) is 0 Å². The second-order valence-electron chi connectivity index (χ2n) is 6.47. The van der Waals surface area contributed by atoms with Gasteiger partial charge in [0.05, 0.1) is 12.0 Å². The number of halogens is 6. The van der Waals surface area contributed by atoms with E-state index in [0.29, 0.717) is 6.42 Å². The summed E-state index contributed by atoms with van der Waals surface area (Å²) in [6.45, 7) is 1.78. The van der Waals surface area contributed by atoms with Crippen LogP contribution < -0.4 is 0 Å². The van der Waals surface area contributed by atoms with E-state index in [1.165, 1.54) is 0 Å². The van der Waals surface area contributed by atoms with E-state index in [4.69, 9.17) is 0 Å². The number of hydrogen-bond acceptors (Lipinski definition) is 1. The van der Waals surface area contributed by atoms with E-state index in [-0.39, 0.29) is 18.8 Å². The quantitative estimate of drug-likeness (QED) is 0.509. The van der Waals surface area contributed by atoms with Crippen LogP contribution in [0.5, 0.6) is 0 Å². The summed E-state index contributed by atoms with van der Waals surface area (Å²) in [5.41, 5.74) is 0. The normalized spacial score (nSPS) is 43.0. The van der Waals surface area contributed by atoms with E-state index in [2.05, 4.69) is 4.74 Å². The SMILES string of the molecule is C/C=C/C1CCC(C(F)(F)OC2CC(F)C(F)C(F)C2)C(F)C1. The van der Waals surface area contributed by atoms with Crippen molar-refractivity contribution in [3.05, 3.63) is 12.2 Å². The number of ether oxygens (including phenoxy) is 1. The van der Waals surface area contributed by atoms with E-state index in [1.807, 2.05) is 0 Å². The first-order valence-electron chi connectivity index (χ1n) is 7.99. The first-order chi connectivity index (χ1) is 10.7. The molecule has 2 saturated carbocycles. The van der Waals surface area contributed by atoms with Crippen LogP contribution in [0.3, 0.4) is 0 Å². The maximum Gasteiger partial charge on any atom is 0.361 e. The lowest BCUT2D eigenvalue weighted by molar-refractivity contribution is -0.313. The van der Waals surface area contributed by atoms with Crippen molar-refractivity contribution >= 4 is 0 Å². The third-order valence-electron chi connectivity index (χ3n) is 4.70. The van der Waals surface area contributed by atoms with Crippen LogP contribution in [0.1, 0.15) is 39.0 Å². The molecule has 0 amide bonds. The predicted molar refractivity (Wildman–Crippen MR) is 74.3 cm³/mol. The van der Waals surface area contributed by atoms with Gasteiger partial charge < -0.3 is 4.74 Å². The first kappa shape index (κ1) is 18.6. The minimum absolute atomic E-state index is 0.0251. The van der Waals surface area contributed by atoms with Crippen LogP contribution in [0.4, 0.5) is 26.3 Å². The van der Waals surface area contributed by atoms with Crippen molar-refractivity contribution < 1.29 is 31.1 Å². The minimum Gasteiger partial charge on any atom is -0.317 e. The summed E-state index contributed by atoms with van der Waals surface area (Å²) >= 11 is 0.